The third-order valence-corrected chi connectivity index (χ3v) is 6.72. The van der Waals surface area contributed by atoms with E-state index < -0.39 is 17.9 Å². The Hall–Kier alpha value is -2.79. The zero-order valence-electron chi connectivity index (χ0n) is 16.5. The Labute approximate surface area is 183 Å². The average molecular weight is 462 g/mol. The minimum Gasteiger partial charge on any atom is -0.489 e. The number of H-pyrrole nitrogens is 1. The number of aromatic nitrogens is 4. The van der Waals surface area contributed by atoms with E-state index in [4.69, 9.17) is 4.74 Å². The zero-order chi connectivity index (χ0) is 21.7. The number of alkyl halides is 1. The van der Waals surface area contributed by atoms with Gasteiger partial charge in [0.25, 0.3) is 0 Å². The number of rotatable bonds is 6. The van der Waals surface area contributed by atoms with Gasteiger partial charge in [-0.2, -0.15) is 5.10 Å². The van der Waals surface area contributed by atoms with Gasteiger partial charge in [-0.1, -0.05) is 11.3 Å². The van der Waals surface area contributed by atoms with Crippen LogP contribution >= 0.6 is 23.1 Å². The number of amides is 1. The Balaban J connectivity index is 1.60. The molecule has 0 aliphatic heterocycles. The van der Waals surface area contributed by atoms with Gasteiger partial charge in [0.05, 0.1) is 29.3 Å². The highest BCUT2D eigenvalue weighted by Gasteiger charge is 2.43. The molecule has 0 radical (unpaired) electrons. The smallest absolute Gasteiger partial charge is 0.232 e. The number of carbonyl (C=O) groups excluding carboxylic acids is 1. The van der Waals surface area contributed by atoms with Gasteiger partial charge in [0, 0.05) is 10.9 Å². The highest BCUT2D eigenvalue weighted by atomic mass is 32.2. The number of halogens is 2. The number of nitrogens with zero attached hydrogens (tertiary/aromatic N) is 3. The largest absolute Gasteiger partial charge is 0.489 e. The first-order chi connectivity index (χ1) is 15.0. The first-order valence-corrected chi connectivity index (χ1v) is 11.6. The molecule has 2 N–H and O–H groups in total. The monoisotopic (exact) mass is 461 g/mol. The summed E-state index contributed by atoms with van der Waals surface area (Å²) in [4.78, 5) is 22.0. The molecule has 31 heavy (non-hydrogen) atoms. The van der Waals surface area contributed by atoms with Crippen molar-refractivity contribution in [2.45, 2.75) is 24.4 Å². The van der Waals surface area contributed by atoms with Crippen LogP contribution in [0.1, 0.15) is 13.3 Å². The zero-order valence-corrected chi connectivity index (χ0v) is 18.2. The molecule has 4 aromatic rings. The number of anilines is 1. The van der Waals surface area contributed by atoms with Gasteiger partial charge in [0.2, 0.25) is 5.91 Å². The summed E-state index contributed by atoms with van der Waals surface area (Å²) >= 11 is 2.46. The summed E-state index contributed by atoms with van der Waals surface area (Å²) in [5.41, 5.74) is 2.22. The van der Waals surface area contributed by atoms with Crippen LogP contribution in [0.25, 0.3) is 32.5 Å². The second kappa shape index (κ2) is 7.72. The molecule has 7 nitrogen and oxygen atoms in total. The van der Waals surface area contributed by atoms with Crippen LogP contribution in [-0.2, 0) is 4.79 Å². The maximum Gasteiger partial charge on any atom is 0.232 e. The second-order valence-corrected chi connectivity index (χ2v) is 8.82. The van der Waals surface area contributed by atoms with Gasteiger partial charge in [-0.05, 0) is 31.7 Å². The van der Waals surface area contributed by atoms with E-state index in [1.54, 1.807) is 31.5 Å². The number of ether oxygens (including phenoxy) is 1. The standard InChI is InChI=1S/C20H17F2N5O2S2/c1-3-29-16-14(22)17(30-2)13(9-7-23-27-15(9)16)11-4-5-12-19(24-11)31-20(25-12)26-18(28)8-6-10(8)21/h4-5,7-8,10H,3,6H2,1-2H3,(H,23,27)(H,25,26,28)/t8-,10+/m1/s1. The number of pyridine rings is 1. The maximum absolute atomic E-state index is 15.3. The van der Waals surface area contributed by atoms with Gasteiger partial charge in [-0.25, -0.2) is 18.7 Å². The minimum atomic E-state index is -1.07. The summed E-state index contributed by atoms with van der Waals surface area (Å²) in [6, 6.07) is 3.52. The minimum absolute atomic E-state index is 0.137. The van der Waals surface area contributed by atoms with Crippen molar-refractivity contribution >= 4 is 55.4 Å². The third kappa shape index (κ3) is 3.41. The molecule has 3 aromatic heterocycles. The predicted octanol–water partition coefficient (Wildman–Crippen LogP) is 4.79. The highest BCUT2D eigenvalue weighted by molar-refractivity contribution is 7.98. The number of carbonyl (C=O) groups is 1. The van der Waals surface area contributed by atoms with Crippen molar-refractivity contribution in [3.63, 3.8) is 0 Å². The molecule has 1 aliphatic rings. The Morgan fingerprint density at radius 1 is 1.42 bits per heavy atom. The van der Waals surface area contributed by atoms with Crippen molar-refractivity contribution in [3.05, 3.63) is 24.1 Å². The van der Waals surface area contributed by atoms with Crippen LogP contribution < -0.4 is 10.1 Å². The van der Waals surface area contributed by atoms with Crippen molar-refractivity contribution in [1.29, 1.82) is 0 Å². The Kier molecular flexibility index (Phi) is 5.01. The quantitative estimate of drug-likeness (QED) is 0.401. The number of thioether (sulfide) groups is 1. The number of hydrogen-bond donors (Lipinski definition) is 2. The molecule has 1 saturated carbocycles. The van der Waals surface area contributed by atoms with E-state index in [9.17, 15) is 9.18 Å². The molecule has 0 unspecified atom stereocenters. The number of thiazole rings is 1. The molecule has 3 heterocycles. The van der Waals surface area contributed by atoms with E-state index in [1.807, 2.05) is 0 Å². The van der Waals surface area contributed by atoms with Crippen molar-refractivity contribution in [1.82, 2.24) is 20.2 Å². The average Bonchev–Trinajstić information content (AvgIpc) is 3.13. The van der Waals surface area contributed by atoms with Gasteiger partial charge in [0.1, 0.15) is 22.0 Å². The lowest BCUT2D eigenvalue weighted by Crippen LogP contribution is -2.14. The number of hydrogen-bond acceptors (Lipinski definition) is 7. The summed E-state index contributed by atoms with van der Waals surface area (Å²) in [6.07, 6.45) is 2.59. The van der Waals surface area contributed by atoms with Gasteiger partial charge in [0.15, 0.2) is 16.7 Å². The molecular weight excluding hydrogens is 444 g/mol. The lowest BCUT2D eigenvalue weighted by molar-refractivity contribution is -0.117. The molecule has 0 spiro atoms. The van der Waals surface area contributed by atoms with Gasteiger partial charge in [-0.3, -0.25) is 9.89 Å². The van der Waals surface area contributed by atoms with Crippen molar-refractivity contribution in [2.75, 3.05) is 18.2 Å². The van der Waals surface area contributed by atoms with Crippen LogP contribution in [0.5, 0.6) is 5.75 Å². The molecule has 1 amide bonds. The first-order valence-electron chi connectivity index (χ1n) is 9.60. The molecule has 5 rings (SSSR count). The lowest BCUT2D eigenvalue weighted by atomic mass is 10.1. The fourth-order valence-electron chi connectivity index (χ4n) is 3.46. The summed E-state index contributed by atoms with van der Waals surface area (Å²) in [5, 5.41) is 10.6. The highest BCUT2D eigenvalue weighted by Crippen LogP contribution is 2.43. The van der Waals surface area contributed by atoms with E-state index in [-0.39, 0.29) is 18.1 Å². The fourth-order valence-corrected chi connectivity index (χ4v) is 4.99. The van der Waals surface area contributed by atoms with E-state index >= 15 is 4.39 Å². The molecule has 2 atom stereocenters. The van der Waals surface area contributed by atoms with Crippen molar-refractivity contribution in [2.24, 2.45) is 5.92 Å². The van der Waals surface area contributed by atoms with Crippen LogP contribution in [0.2, 0.25) is 0 Å². The molecule has 1 fully saturated rings. The molecule has 1 aliphatic carbocycles. The summed E-state index contributed by atoms with van der Waals surface area (Å²) < 4.78 is 33.9. The van der Waals surface area contributed by atoms with Crippen LogP contribution in [0.3, 0.4) is 0 Å². The van der Waals surface area contributed by atoms with Crippen LogP contribution in [0.15, 0.2) is 23.2 Å². The van der Waals surface area contributed by atoms with E-state index in [0.29, 0.717) is 49.1 Å². The van der Waals surface area contributed by atoms with Crippen molar-refractivity contribution < 1.29 is 18.3 Å². The van der Waals surface area contributed by atoms with Crippen LogP contribution in [0.4, 0.5) is 13.9 Å². The molecule has 160 valence electrons. The number of aromatic amines is 1. The maximum atomic E-state index is 15.3. The molecule has 1 aromatic carbocycles. The number of fused-ring (bicyclic) bond motifs is 2. The van der Waals surface area contributed by atoms with Gasteiger partial charge < -0.3 is 10.1 Å². The Bertz CT molecular complexity index is 1320. The van der Waals surface area contributed by atoms with Crippen molar-refractivity contribution in [3.8, 4) is 17.0 Å². The molecule has 11 heteroatoms. The first kappa shape index (κ1) is 20.1. The van der Waals surface area contributed by atoms with Gasteiger partial charge in [-0.15, -0.1) is 11.8 Å². The second-order valence-electron chi connectivity index (χ2n) is 7.03. The van der Waals surface area contributed by atoms with E-state index in [1.165, 1.54) is 23.1 Å². The van der Waals surface area contributed by atoms with E-state index in [2.05, 4.69) is 25.5 Å². The topological polar surface area (TPSA) is 92.8 Å². The normalized spacial score (nSPS) is 17.9. The third-order valence-electron chi connectivity index (χ3n) is 5.05. The SMILES string of the molecule is CCOc1c(F)c(SC)c(-c2ccc3nc(NC(=O)[C@@H]4C[C@@H]4F)sc3n2)c2cn[nH]c12. The number of nitrogens with one attached hydrogen (secondary N) is 2. The fraction of sp³-hybridized carbons (Fsp3) is 0.300. The Morgan fingerprint density at radius 2 is 2.23 bits per heavy atom. The molecular formula is C20H17F2N5O2S2. The summed E-state index contributed by atoms with van der Waals surface area (Å²) in [6.45, 7) is 2.11. The molecule has 0 bridgehead atoms. The summed E-state index contributed by atoms with van der Waals surface area (Å²) in [5.74, 6) is -1.30. The van der Waals surface area contributed by atoms with Gasteiger partial charge >= 0.3 is 0 Å². The van der Waals surface area contributed by atoms with Crippen LogP contribution in [-0.4, -0.2) is 45.1 Å². The lowest BCUT2D eigenvalue weighted by Gasteiger charge is -2.14. The van der Waals surface area contributed by atoms with E-state index in [0.717, 1.165) is 0 Å². The molecule has 0 saturated heterocycles. The Morgan fingerprint density at radius 3 is 2.94 bits per heavy atom. The van der Waals surface area contributed by atoms with Crippen LogP contribution in [0, 0.1) is 11.7 Å². The summed E-state index contributed by atoms with van der Waals surface area (Å²) in [7, 11) is 0. The predicted molar refractivity (Wildman–Crippen MR) is 117 cm³/mol. The number of benzene rings is 1.